The molecule has 0 fully saturated rings. The van der Waals surface area contributed by atoms with Gasteiger partial charge in [0, 0.05) is 25.4 Å². The second-order valence-electron chi connectivity index (χ2n) is 4.14. The number of nitrogens with zero attached hydrogens (tertiary/aromatic N) is 4. The van der Waals surface area contributed by atoms with Crippen LogP contribution in [0.1, 0.15) is 18.2 Å². The van der Waals surface area contributed by atoms with Crippen LogP contribution >= 0.6 is 11.6 Å². The molecule has 0 atom stereocenters. The van der Waals surface area contributed by atoms with Crippen LogP contribution in [0.3, 0.4) is 0 Å². The molecule has 0 saturated carbocycles. The zero-order valence-electron chi connectivity index (χ0n) is 11.0. The average Bonchev–Trinajstić information content (AvgIpc) is 2.77. The van der Waals surface area contributed by atoms with Crippen molar-refractivity contribution in [3.63, 3.8) is 0 Å². The second-order valence-corrected chi connectivity index (χ2v) is 6.25. The summed E-state index contributed by atoms with van der Waals surface area (Å²) in [4.78, 5) is 7.29. The van der Waals surface area contributed by atoms with E-state index in [0.717, 1.165) is 17.7 Å². The van der Waals surface area contributed by atoms with Crippen molar-refractivity contribution in [3.05, 3.63) is 35.1 Å². The minimum atomic E-state index is -3.66. The number of aryl methyl sites for hydroxylation is 2. The highest BCUT2D eigenvalue weighted by molar-refractivity contribution is 7.89. The Hall–Kier alpha value is -1.51. The number of aromatic nitrogens is 4. The molecule has 0 aliphatic carbocycles. The Morgan fingerprint density at radius 1 is 1.35 bits per heavy atom. The number of hydrogen-bond acceptors (Lipinski definition) is 5. The molecule has 0 aliphatic heterocycles. The molecule has 1 N–H and O–H groups in total. The van der Waals surface area contributed by atoms with E-state index in [-0.39, 0.29) is 16.7 Å². The molecule has 0 aromatic carbocycles. The van der Waals surface area contributed by atoms with Gasteiger partial charge in [0.05, 0.1) is 18.1 Å². The van der Waals surface area contributed by atoms with Crippen LogP contribution in [0.2, 0.25) is 5.28 Å². The molecule has 7 nitrogen and oxygen atoms in total. The maximum Gasteiger partial charge on any atom is 0.243 e. The minimum Gasteiger partial charge on any atom is -0.275 e. The molecule has 0 aliphatic rings. The summed E-state index contributed by atoms with van der Waals surface area (Å²) >= 11 is 5.53. The van der Waals surface area contributed by atoms with Crippen LogP contribution in [0, 0.1) is 0 Å². The zero-order valence-corrected chi connectivity index (χ0v) is 12.6. The lowest BCUT2D eigenvalue weighted by molar-refractivity contribution is 0.580. The van der Waals surface area contributed by atoms with Crippen LogP contribution in [0.15, 0.2) is 23.5 Å². The summed E-state index contributed by atoms with van der Waals surface area (Å²) in [6.45, 7) is 2.13. The Labute approximate surface area is 122 Å². The summed E-state index contributed by atoms with van der Waals surface area (Å²) in [7, 11) is -1.87. The second kappa shape index (κ2) is 5.86. The van der Waals surface area contributed by atoms with Gasteiger partial charge in [-0.05, 0) is 18.0 Å². The van der Waals surface area contributed by atoms with Crippen LogP contribution < -0.4 is 4.72 Å². The van der Waals surface area contributed by atoms with E-state index >= 15 is 0 Å². The van der Waals surface area contributed by atoms with Crippen molar-refractivity contribution in [2.75, 3.05) is 0 Å². The smallest absolute Gasteiger partial charge is 0.243 e. The Kier molecular flexibility index (Phi) is 4.36. The lowest BCUT2D eigenvalue weighted by Gasteiger charge is -2.05. The average molecular weight is 316 g/mol. The van der Waals surface area contributed by atoms with Crippen molar-refractivity contribution in [1.82, 2.24) is 24.5 Å². The summed E-state index contributed by atoms with van der Waals surface area (Å²) in [5, 5.41) is 4.26. The van der Waals surface area contributed by atoms with E-state index in [1.165, 1.54) is 12.4 Å². The highest BCUT2D eigenvalue weighted by atomic mass is 35.5. The third-order valence-corrected chi connectivity index (χ3v) is 4.24. The molecule has 0 radical (unpaired) electrons. The molecule has 2 rings (SSSR count). The van der Waals surface area contributed by atoms with Crippen molar-refractivity contribution in [2.24, 2.45) is 7.05 Å². The first kappa shape index (κ1) is 14.9. The quantitative estimate of drug-likeness (QED) is 0.828. The van der Waals surface area contributed by atoms with Crippen LogP contribution in [0.5, 0.6) is 0 Å². The summed E-state index contributed by atoms with van der Waals surface area (Å²) in [6.07, 6.45) is 4.87. The van der Waals surface area contributed by atoms with Gasteiger partial charge >= 0.3 is 0 Å². The van der Waals surface area contributed by atoms with Gasteiger partial charge < -0.3 is 0 Å². The molecule has 0 spiro atoms. The molecular weight excluding hydrogens is 302 g/mol. The van der Waals surface area contributed by atoms with E-state index in [2.05, 4.69) is 19.8 Å². The molecular formula is C11H14ClN5O2S. The van der Waals surface area contributed by atoms with Gasteiger partial charge in [0.2, 0.25) is 15.3 Å². The first-order valence-electron chi connectivity index (χ1n) is 5.91. The third-order valence-electron chi connectivity index (χ3n) is 2.69. The van der Waals surface area contributed by atoms with Crippen molar-refractivity contribution in [3.8, 4) is 0 Å². The Morgan fingerprint density at radius 3 is 2.60 bits per heavy atom. The van der Waals surface area contributed by atoms with E-state index in [4.69, 9.17) is 11.6 Å². The van der Waals surface area contributed by atoms with Crippen LogP contribution in [0.4, 0.5) is 0 Å². The highest BCUT2D eigenvalue weighted by Crippen LogP contribution is 2.11. The van der Waals surface area contributed by atoms with Crippen molar-refractivity contribution in [1.29, 1.82) is 0 Å². The van der Waals surface area contributed by atoms with Gasteiger partial charge in [-0.15, -0.1) is 0 Å². The van der Waals surface area contributed by atoms with Gasteiger partial charge in [-0.1, -0.05) is 6.92 Å². The van der Waals surface area contributed by atoms with Gasteiger partial charge in [-0.25, -0.2) is 23.1 Å². The molecule has 0 amide bonds. The molecule has 9 heteroatoms. The van der Waals surface area contributed by atoms with E-state index < -0.39 is 10.0 Å². The first-order chi connectivity index (χ1) is 9.42. The van der Waals surface area contributed by atoms with Crippen molar-refractivity contribution >= 4 is 21.6 Å². The fraction of sp³-hybridized carbons (Fsp3) is 0.364. The first-order valence-corrected chi connectivity index (χ1v) is 7.77. The maximum absolute atomic E-state index is 12.1. The van der Waals surface area contributed by atoms with Crippen LogP contribution in [0.25, 0.3) is 0 Å². The standard InChI is InChI=1S/C11H14ClN5O2S/c1-3-10-8(7-17(2)16-10)4-15-20(18,19)9-5-13-11(12)14-6-9/h5-7,15H,3-4H2,1-2H3. The summed E-state index contributed by atoms with van der Waals surface area (Å²) < 4.78 is 28.3. The SMILES string of the molecule is CCc1nn(C)cc1CNS(=O)(=O)c1cnc(Cl)nc1. The zero-order chi connectivity index (χ0) is 14.8. The van der Waals surface area contributed by atoms with Crippen LogP contribution in [-0.2, 0) is 30.0 Å². The largest absolute Gasteiger partial charge is 0.275 e. The Balaban J connectivity index is 2.15. The molecule has 2 aromatic heterocycles. The molecule has 0 saturated heterocycles. The van der Waals surface area contributed by atoms with E-state index in [0.29, 0.717) is 0 Å². The van der Waals surface area contributed by atoms with Crippen molar-refractivity contribution in [2.45, 2.75) is 24.8 Å². The van der Waals surface area contributed by atoms with Gasteiger partial charge in [-0.2, -0.15) is 5.10 Å². The van der Waals surface area contributed by atoms with E-state index in [1.54, 1.807) is 17.9 Å². The topological polar surface area (TPSA) is 89.8 Å². The number of rotatable bonds is 5. The fourth-order valence-electron chi connectivity index (χ4n) is 1.72. The molecule has 20 heavy (non-hydrogen) atoms. The fourth-order valence-corrected chi connectivity index (χ4v) is 2.72. The third kappa shape index (κ3) is 3.33. The van der Waals surface area contributed by atoms with Gasteiger partial charge in [0.15, 0.2) is 0 Å². The van der Waals surface area contributed by atoms with E-state index in [9.17, 15) is 8.42 Å². The number of sulfonamides is 1. The number of hydrogen-bond donors (Lipinski definition) is 1. The molecule has 0 bridgehead atoms. The summed E-state index contributed by atoms with van der Waals surface area (Å²) in [5.74, 6) is 0. The molecule has 0 unspecified atom stereocenters. The predicted octanol–water partition coefficient (Wildman–Crippen LogP) is 0.904. The van der Waals surface area contributed by atoms with Gasteiger partial charge in [0.25, 0.3) is 0 Å². The molecule has 2 aromatic rings. The minimum absolute atomic E-state index is 0.00415. The molecule has 108 valence electrons. The normalized spacial score (nSPS) is 11.8. The lowest BCUT2D eigenvalue weighted by atomic mass is 10.2. The monoisotopic (exact) mass is 315 g/mol. The van der Waals surface area contributed by atoms with Gasteiger partial charge in [0.1, 0.15) is 4.90 Å². The highest BCUT2D eigenvalue weighted by Gasteiger charge is 2.16. The molecule has 2 heterocycles. The number of halogens is 1. The lowest BCUT2D eigenvalue weighted by Crippen LogP contribution is -2.23. The Morgan fingerprint density at radius 2 is 2.00 bits per heavy atom. The summed E-state index contributed by atoms with van der Waals surface area (Å²) in [6, 6.07) is 0. The van der Waals surface area contributed by atoms with Gasteiger partial charge in [-0.3, -0.25) is 4.68 Å². The Bertz CT molecular complexity index is 696. The van der Waals surface area contributed by atoms with E-state index in [1.807, 2.05) is 6.92 Å². The predicted molar refractivity (Wildman–Crippen MR) is 73.7 cm³/mol. The number of nitrogens with one attached hydrogen (secondary N) is 1. The van der Waals surface area contributed by atoms with Crippen LogP contribution in [-0.4, -0.2) is 28.2 Å². The maximum atomic E-state index is 12.1. The van der Waals surface area contributed by atoms with Crippen molar-refractivity contribution < 1.29 is 8.42 Å². The summed E-state index contributed by atoms with van der Waals surface area (Å²) in [5.41, 5.74) is 1.70.